The van der Waals surface area contributed by atoms with Gasteiger partial charge >= 0.3 is 0 Å². The van der Waals surface area contributed by atoms with Crippen LogP contribution in [-0.4, -0.2) is 15.7 Å². The van der Waals surface area contributed by atoms with Gasteiger partial charge in [0.1, 0.15) is 0 Å². The first-order valence-electron chi connectivity index (χ1n) is 5.33. The van der Waals surface area contributed by atoms with Crippen LogP contribution in [0.5, 0.6) is 0 Å². The van der Waals surface area contributed by atoms with Gasteiger partial charge in [0.2, 0.25) is 0 Å². The van der Waals surface area contributed by atoms with E-state index in [0.717, 1.165) is 6.54 Å². The summed E-state index contributed by atoms with van der Waals surface area (Å²) in [5.41, 5.74) is 0.543. The van der Waals surface area contributed by atoms with E-state index in [4.69, 9.17) is 0 Å². The second-order valence-corrected chi connectivity index (χ2v) is 4.01. The summed E-state index contributed by atoms with van der Waals surface area (Å²) in [6.07, 6.45) is 1.82. The zero-order chi connectivity index (χ0) is 12.3. The molecule has 0 aliphatic rings. The summed E-state index contributed by atoms with van der Waals surface area (Å²) in [6.45, 7) is 2.76. The molecule has 0 atom stereocenters. The highest BCUT2D eigenvalue weighted by molar-refractivity contribution is 7.80. The Balaban J connectivity index is 2.14. The minimum Gasteiger partial charge on any atom is -0.305 e. The van der Waals surface area contributed by atoms with Crippen molar-refractivity contribution in [3.63, 3.8) is 0 Å². The molecule has 1 amide bonds. The molecule has 1 heterocycles. The number of hydrogen-bond acceptors (Lipinski definition) is 3. The van der Waals surface area contributed by atoms with Crippen molar-refractivity contribution in [2.75, 3.05) is 5.32 Å². The first-order valence-corrected chi connectivity index (χ1v) is 5.78. The lowest BCUT2D eigenvalue weighted by Crippen LogP contribution is -2.13. The van der Waals surface area contributed by atoms with Gasteiger partial charge in [-0.25, -0.2) is 0 Å². The van der Waals surface area contributed by atoms with Gasteiger partial charge in [0, 0.05) is 23.7 Å². The largest absolute Gasteiger partial charge is 0.305 e. The van der Waals surface area contributed by atoms with Crippen molar-refractivity contribution < 1.29 is 4.79 Å². The summed E-state index contributed by atoms with van der Waals surface area (Å²) in [4.78, 5) is 12.6. The van der Waals surface area contributed by atoms with Crippen molar-refractivity contribution in [1.82, 2.24) is 9.78 Å². The van der Waals surface area contributed by atoms with Crippen molar-refractivity contribution in [3.8, 4) is 0 Å². The van der Waals surface area contributed by atoms with Gasteiger partial charge in [-0.3, -0.25) is 9.48 Å². The standard InChI is InChI=1S/C12H13N3OS/c1-2-15-8-7-11(14-15)13-12(16)9-5-3-4-6-10(9)17/h3-8,17H,2H2,1H3,(H,13,14,16). The number of aryl methyl sites for hydroxylation is 1. The number of amides is 1. The number of hydrogen-bond donors (Lipinski definition) is 2. The molecule has 4 nitrogen and oxygen atoms in total. The molecule has 88 valence electrons. The smallest absolute Gasteiger partial charge is 0.257 e. The number of benzene rings is 1. The van der Waals surface area contributed by atoms with Gasteiger partial charge in [0.25, 0.3) is 5.91 Å². The number of aromatic nitrogens is 2. The van der Waals surface area contributed by atoms with Crippen molar-refractivity contribution in [1.29, 1.82) is 0 Å². The average molecular weight is 247 g/mol. The zero-order valence-corrected chi connectivity index (χ0v) is 10.3. The van der Waals surface area contributed by atoms with E-state index < -0.39 is 0 Å². The molecule has 1 aromatic heterocycles. The van der Waals surface area contributed by atoms with Gasteiger partial charge in [-0.05, 0) is 19.1 Å². The second-order valence-electron chi connectivity index (χ2n) is 3.53. The Morgan fingerprint density at radius 3 is 2.82 bits per heavy atom. The summed E-state index contributed by atoms with van der Waals surface area (Å²) >= 11 is 4.24. The molecule has 5 heteroatoms. The van der Waals surface area contributed by atoms with Gasteiger partial charge < -0.3 is 5.32 Å². The number of thiol groups is 1. The molecule has 17 heavy (non-hydrogen) atoms. The second kappa shape index (κ2) is 5.05. The van der Waals surface area contributed by atoms with E-state index in [2.05, 4.69) is 23.0 Å². The number of rotatable bonds is 3. The molecule has 0 spiro atoms. The summed E-state index contributed by atoms with van der Waals surface area (Å²) in [5.74, 6) is 0.352. The maximum atomic E-state index is 11.9. The topological polar surface area (TPSA) is 46.9 Å². The molecule has 2 aromatic rings. The number of nitrogens with zero attached hydrogens (tertiary/aromatic N) is 2. The number of carbonyl (C=O) groups excluding carboxylic acids is 1. The van der Waals surface area contributed by atoms with E-state index in [-0.39, 0.29) is 5.91 Å². The highest BCUT2D eigenvalue weighted by Crippen LogP contribution is 2.14. The molecule has 0 saturated carbocycles. The van der Waals surface area contributed by atoms with Crippen LogP contribution in [0.2, 0.25) is 0 Å². The van der Waals surface area contributed by atoms with Crippen LogP contribution in [0.25, 0.3) is 0 Å². The molecule has 2 rings (SSSR count). The third-order valence-corrected chi connectivity index (χ3v) is 2.74. The maximum Gasteiger partial charge on any atom is 0.257 e. The summed E-state index contributed by atoms with van der Waals surface area (Å²) in [7, 11) is 0. The van der Waals surface area contributed by atoms with Gasteiger partial charge in [0.15, 0.2) is 5.82 Å². The summed E-state index contributed by atoms with van der Waals surface area (Å²) in [5, 5.41) is 6.92. The highest BCUT2D eigenvalue weighted by atomic mass is 32.1. The Bertz CT molecular complexity index is 536. The van der Waals surface area contributed by atoms with E-state index in [9.17, 15) is 4.79 Å². The van der Waals surface area contributed by atoms with Crippen LogP contribution in [0.15, 0.2) is 41.4 Å². The van der Waals surface area contributed by atoms with Crippen LogP contribution < -0.4 is 5.32 Å². The van der Waals surface area contributed by atoms with E-state index in [1.54, 1.807) is 28.9 Å². The lowest BCUT2D eigenvalue weighted by atomic mass is 10.2. The fourth-order valence-electron chi connectivity index (χ4n) is 1.45. The van der Waals surface area contributed by atoms with Crippen LogP contribution >= 0.6 is 12.6 Å². The first-order chi connectivity index (χ1) is 8.20. The summed E-state index contributed by atoms with van der Waals surface area (Å²) in [6, 6.07) is 8.92. The molecule has 0 saturated heterocycles. The third kappa shape index (κ3) is 2.68. The molecule has 0 aliphatic heterocycles. The van der Waals surface area contributed by atoms with Crippen LogP contribution in [0.1, 0.15) is 17.3 Å². The monoisotopic (exact) mass is 247 g/mol. The molecule has 0 bridgehead atoms. The Labute approximate surface area is 105 Å². The minimum absolute atomic E-state index is 0.197. The van der Waals surface area contributed by atoms with E-state index >= 15 is 0 Å². The lowest BCUT2D eigenvalue weighted by molar-refractivity contribution is 0.102. The quantitative estimate of drug-likeness (QED) is 0.818. The zero-order valence-electron chi connectivity index (χ0n) is 9.42. The fraction of sp³-hybridized carbons (Fsp3) is 0.167. The molecular formula is C12H13N3OS. The van der Waals surface area contributed by atoms with Crippen LogP contribution in [0.3, 0.4) is 0 Å². The molecule has 0 fully saturated rings. The van der Waals surface area contributed by atoms with Crippen molar-refractivity contribution >= 4 is 24.4 Å². The van der Waals surface area contributed by atoms with Crippen LogP contribution in [0, 0.1) is 0 Å². The maximum absolute atomic E-state index is 11.9. The highest BCUT2D eigenvalue weighted by Gasteiger charge is 2.10. The van der Waals surface area contributed by atoms with Crippen molar-refractivity contribution in [3.05, 3.63) is 42.1 Å². The molecule has 1 N–H and O–H groups in total. The Morgan fingerprint density at radius 1 is 1.41 bits per heavy atom. The fourth-order valence-corrected chi connectivity index (χ4v) is 1.72. The molecule has 1 aromatic carbocycles. The van der Waals surface area contributed by atoms with Crippen molar-refractivity contribution in [2.24, 2.45) is 0 Å². The van der Waals surface area contributed by atoms with Crippen LogP contribution in [-0.2, 0) is 6.54 Å². The Kier molecular flexibility index (Phi) is 3.49. The SMILES string of the molecule is CCn1ccc(NC(=O)c2ccccc2S)n1. The number of carbonyl (C=O) groups is 1. The minimum atomic E-state index is -0.197. The third-order valence-electron chi connectivity index (χ3n) is 2.35. The van der Waals surface area contributed by atoms with Gasteiger partial charge in [-0.15, -0.1) is 12.6 Å². The van der Waals surface area contributed by atoms with E-state index in [0.29, 0.717) is 16.3 Å². The molecular weight excluding hydrogens is 234 g/mol. The normalized spacial score (nSPS) is 10.2. The predicted molar refractivity (Wildman–Crippen MR) is 69.5 cm³/mol. The number of anilines is 1. The van der Waals surface area contributed by atoms with Gasteiger partial charge in [-0.1, -0.05) is 12.1 Å². The van der Waals surface area contributed by atoms with E-state index in [1.807, 2.05) is 19.2 Å². The van der Waals surface area contributed by atoms with Crippen LogP contribution in [0.4, 0.5) is 5.82 Å². The van der Waals surface area contributed by atoms with Crippen molar-refractivity contribution in [2.45, 2.75) is 18.4 Å². The molecule has 0 radical (unpaired) electrons. The number of nitrogens with one attached hydrogen (secondary N) is 1. The Morgan fingerprint density at radius 2 is 2.18 bits per heavy atom. The predicted octanol–water partition coefficient (Wildman–Crippen LogP) is 2.44. The van der Waals surface area contributed by atoms with Gasteiger partial charge in [0.05, 0.1) is 5.56 Å². The van der Waals surface area contributed by atoms with Gasteiger partial charge in [-0.2, -0.15) is 5.10 Å². The summed E-state index contributed by atoms with van der Waals surface area (Å²) < 4.78 is 1.75. The first kappa shape index (κ1) is 11.7. The van der Waals surface area contributed by atoms with E-state index in [1.165, 1.54) is 0 Å². The molecule has 0 unspecified atom stereocenters. The Hall–Kier alpha value is -1.75. The average Bonchev–Trinajstić information content (AvgIpc) is 2.77. The lowest BCUT2D eigenvalue weighted by Gasteiger charge is -2.04. The molecule has 0 aliphatic carbocycles.